The van der Waals surface area contributed by atoms with Gasteiger partial charge in [-0.25, -0.2) is 8.42 Å². The van der Waals surface area contributed by atoms with E-state index in [1.165, 1.54) is 18.2 Å². The van der Waals surface area contributed by atoms with Gasteiger partial charge in [-0.15, -0.1) is 0 Å². The number of hydrogen-bond acceptors (Lipinski definition) is 5. The van der Waals surface area contributed by atoms with Crippen molar-refractivity contribution in [3.05, 3.63) is 53.1 Å². The maximum atomic E-state index is 12.3. The summed E-state index contributed by atoms with van der Waals surface area (Å²) < 4.78 is 28.7. The third kappa shape index (κ3) is 4.95. The molecule has 0 aliphatic heterocycles. The molecular weight excluding hydrogens is 364 g/mol. The summed E-state index contributed by atoms with van der Waals surface area (Å²) in [6.45, 7) is 1.54. The van der Waals surface area contributed by atoms with Gasteiger partial charge < -0.3 is 10.1 Å². The van der Waals surface area contributed by atoms with E-state index in [2.05, 4.69) is 5.32 Å². The molecule has 2 rings (SSSR count). The summed E-state index contributed by atoms with van der Waals surface area (Å²) in [5.41, 5.74) is 0.665. The second kappa shape index (κ2) is 7.55. The van der Waals surface area contributed by atoms with E-state index in [9.17, 15) is 13.2 Å². The molecule has 0 aliphatic carbocycles. The van der Waals surface area contributed by atoms with E-state index < -0.39 is 21.8 Å². The van der Waals surface area contributed by atoms with E-state index in [0.29, 0.717) is 11.3 Å². The van der Waals surface area contributed by atoms with Gasteiger partial charge in [0.25, 0.3) is 5.91 Å². The second-order valence-electron chi connectivity index (χ2n) is 5.30. The molecule has 0 spiro atoms. The van der Waals surface area contributed by atoms with Gasteiger partial charge in [-0.3, -0.25) is 4.79 Å². The highest BCUT2D eigenvalue weighted by molar-refractivity contribution is 7.90. The fraction of sp³-hybridized carbons (Fsp3) is 0.176. The summed E-state index contributed by atoms with van der Waals surface area (Å²) in [7, 11) is -3.42. The second-order valence-corrected chi connectivity index (χ2v) is 7.72. The highest BCUT2D eigenvalue weighted by Crippen LogP contribution is 2.25. The van der Waals surface area contributed by atoms with Crippen molar-refractivity contribution in [2.24, 2.45) is 0 Å². The van der Waals surface area contributed by atoms with Crippen LogP contribution in [0.15, 0.2) is 47.4 Å². The van der Waals surface area contributed by atoms with Gasteiger partial charge in [0.15, 0.2) is 15.9 Å². The number of benzene rings is 2. The molecule has 130 valence electrons. The predicted octanol–water partition coefficient (Wildman–Crippen LogP) is 3.02. The van der Waals surface area contributed by atoms with Gasteiger partial charge in [-0.2, -0.15) is 5.26 Å². The first-order valence-corrected chi connectivity index (χ1v) is 9.45. The summed E-state index contributed by atoms with van der Waals surface area (Å²) in [5.74, 6) is -0.0606. The molecule has 0 bridgehead atoms. The third-order valence-electron chi connectivity index (χ3n) is 3.29. The Balaban J connectivity index is 2.11. The fourth-order valence-electron chi connectivity index (χ4n) is 1.93. The van der Waals surface area contributed by atoms with Crippen LogP contribution in [0.5, 0.6) is 5.75 Å². The lowest BCUT2D eigenvalue weighted by Gasteiger charge is -2.15. The number of nitriles is 1. The molecule has 0 saturated heterocycles. The lowest BCUT2D eigenvalue weighted by molar-refractivity contribution is -0.122. The number of rotatable bonds is 5. The zero-order valence-electron chi connectivity index (χ0n) is 13.5. The van der Waals surface area contributed by atoms with Gasteiger partial charge >= 0.3 is 0 Å². The average molecular weight is 379 g/mol. The molecule has 8 heteroatoms. The minimum absolute atomic E-state index is 0.0489. The minimum Gasteiger partial charge on any atom is -0.481 e. The van der Waals surface area contributed by atoms with Crippen molar-refractivity contribution < 1.29 is 17.9 Å². The van der Waals surface area contributed by atoms with Gasteiger partial charge in [0.1, 0.15) is 5.75 Å². The van der Waals surface area contributed by atoms with Crippen LogP contribution < -0.4 is 10.1 Å². The first-order valence-electron chi connectivity index (χ1n) is 7.18. The number of sulfone groups is 1. The SMILES string of the molecule is CC(Oc1ccc(C#N)cc1)C(=O)Nc1cc(S(C)(=O)=O)ccc1Cl. The zero-order chi connectivity index (χ0) is 18.6. The van der Waals surface area contributed by atoms with Crippen molar-refractivity contribution in [3.63, 3.8) is 0 Å². The van der Waals surface area contributed by atoms with Gasteiger partial charge in [-0.05, 0) is 49.4 Å². The molecule has 0 fully saturated rings. The average Bonchev–Trinajstić information content (AvgIpc) is 2.56. The van der Waals surface area contributed by atoms with Crippen LogP contribution in [0, 0.1) is 11.3 Å². The summed E-state index contributed by atoms with van der Waals surface area (Å²) in [6, 6.07) is 12.4. The van der Waals surface area contributed by atoms with Crippen LogP contribution in [0.4, 0.5) is 5.69 Å². The Morgan fingerprint density at radius 1 is 1.24 bits per heavy atom. The number of nitrogens with zero attached hydrogens (tertiary/aromatic N) is 1. The Morgan fingerprint density at radius 2 is 1.88 bits per heavy atom. The minimum atomic E-state index is -3.42. The lowest BCUT2D eigenvalue weighted by atomic mass is 10.2. The number of hydrogen-bond donors (Lipinski definition) is 1. The van der Waals surface area contributed by atoms with Crippen LogP contribution in [-0.4, -0.2) is 26.7 Å². The highest BCUT2D eigenvalue weighted by atomic mass is 35.5. The molecule has 6 nitrogen and oxygen atoms in total. The molecule has 1 unspecified atom stereocenters. The molecule has 0 aliphatic rings. The first kappa shape index (κ1) is 18.8. The van der Waals surface area contributed by atoms with Crippen LogP contribution in [0.2, 0.25) is 5.02 Å². The topological polar surface area (TPSA) is 96.3 Å². The molecule has 1 amide bonds. The van der Waals surface area contributed by atoms with Crippen LogP contribution in [-0.2, 0) is 14.6 Å². The number of carbonyl (C=O) groups excluding carboxylic acids is 1. The third-order valence-corrected chi connectivity index (χ3v) is 4.73. The summed E-state index contributed by atoms with van der Waals surface area (Å²) in [6.07, 6.45) is 0.212. The zero-order valence-corrected chi connectivity index (χ0v) is 15.1. The van der Waals surface area contributed by atoms with Gasteiger partial charge in [0.05, 0.1) is 27.2 Å². The summed E-state index contributed by atoms with van der Waals surface area (Å²) in [5, 5.41) is 11.5. The normalized spacial score (nSPS) is 12.1. The number of amides is 1. The molecule has 1 N–H and O–H groups in total. The van der Waals surface area contributed by atoms with Crippen molar-refractivity contribution >= 4 is 33.0 Å². The van der Waals surface area contributed by atoms with Gasteiger partial charge in [-0.1, -0.05) is 11.6 Å². The molecule has 2 aromatic carbocycles. The number of carbonyl (C=O) groups is 1. The van der Waals surface area contributed by atoms with Gasteiger partial charge in [0, 0.05) is 6.26 Å². The predicted molar refractivity (Wildman–Crippen MR) is 94.4 cm³/mol. The first-order chi connectivity index (χ1) is 11.7. The van der Waals surface area contributed by atoms with Crippen LogP contribution in [0.25, 0.3) is 0 Å². The molecule has 1 atom stereocenters. The van der Waals surface area contributed by atoms with E-state index in [1.54, 1.807) is 31.2 Å². The highest BCUT2D eigenvalue weighted by Gasteiger charge is 2.18. The Bertz CT molecular complexity index is 934. The van der Waals surface area contributed by atoms with Crippen molar-refractivity contribution in [3.8, 4) is 11.8 Å². The summed E-state index contributed by atoms with van der Waals surface area (Å²) >= 11 is 6.01. The maximum absolute atomic E-state index is 12.3. The van der Waals surface area contributed by atoms with E-state index in [0.717, 1.165) is 6.26 Å². The van der Waals surface area contributed by atoms with E-state index in [1.807, 2.05) is 6.07 Å². The largest absolute Gasteiger partial charge is 0.481 e. The lowest BCUT2D eigenvalue weighted by Crippen LogP contribution is -2.30. The van der Waals surface area contributed by atoms with Crippen molar-refractivity contribution in [2.75, 3.05) is 11.6 Å². The van der Waals surface area contributed by atoms with Crippen LogP contribution in [0.1, 0.15) is 12.5 Å². The molecular formula is C17H15ClN2O4S. The molecule has 0 radical (unpaired) electrons. The number of anilines is 1. The van der Waals surface area contributed by atoms with Crippen LogP contribution >= 0.6 is 11.6 Å². The van der Waals surface area contributed by atoms with Crippen molar-refractivity contribution in [2.45, 2.75) is 17.9 Å². The Morgan fingerprint density at radius 3 is 2.44 bits per heavy atom. The maximum Gasteiger partial charge on any atom is 0.265 e. The smallest absolute Gasteiger partial charge is 0.265 e. The monoisotopic (exact) mass is 378 g/mol. The molecule has 25 heavy (non-hydrogen) atoms. The Hall–Kier alpha value is -2.56. The van der Waals surface area contributed by atoms with Crippen molar-refractivity contribution in [1.82, 2.24) is 0 Å². The molecule has 0 heterocycles. The molecule has 0 saturated carbocycles. The van der Waals surface area contributed by atoms with Gasteiger partial charge in [0.2, 0.25) is 0 Å². The van der Waals surface area contributed by atoms with Crippen molar-refractivity contribution in [1.29, 1.82) is 5.26 Å². The number of nitrogens with one attached hydrogen (secondary N) is 1. The summed E-state index contributed by atoms with van der Waals surface area (Å²) in [4.78, 5) is 12.3. The molecule has 0 aromatic heterocycles. The van der Waals surface area contributed by atoms with E-state index >= 15 is 0 Å². The Labute approximate surface area is 150 Å². The number of ether oxygens (including phenoxy) is 1. The standard InChI is InChI=1S/C17H15ClN2O4S/c1-11(24-13-5-3-12(10-19)4-6-13)17(21)20-16-9-14(25(2,22)23)7-8-15(16)18/h3-9,11H,1-2H3,(H,20,21). The number of halogens is 1. The van der Waals surface area contributed by atoms with Crippen LogP contribution in [0.3, 0.4) is 0 Å². The quantitative estimate of drug-likeness (QED) is 0.862. The fourth-order valence-corrected chi connectivity index (χ4v) is 2.74. The van der Waals surface area contributed by atoms with E-state index in [-0.39, 0.29) is 15.6 Å². The van der Waals surface area contributed by atoms with E-state index in [4.69, 9.17) is 21.6 Å². The Kier molecular flexibility index (Phi) is 5.67. The molecule has 2 aromatic rings.